The maximum atomic E-state index is 12.1. The van der Waals surface area contributed by atoms with E-state index in [1.165, 1.54) is 23.5 Å². The van der Waals surface area contributed by atoms with E-state index in [0.717, 1.165) is 48.3 Å². The molecular formula is C23H18N4O3S2. The topological polar surface area (TPSA) is 84.4 Å². The summed E-state index contributed by atoms with van der Waals surface area (Å²) in [5.74, 6) is 0.961. The number of carbonyl (C=O) groups excluding carboxylic acids is 2. The number of aromatic nitrogens is 2. The molecule has 0 fully saturated rings. The first-order valence-electron chi connectivity index (χ1n) is 9.83. The molecule has 0 bridgehead atoms. The van der Waals surface area contributed by atoms with Crippen LogP contribution in [-0.4, -0.2) is 33.9 Å². The predicted octanol–water partition coefficient (Wildman–Crippen LogP) is 4.58. The molecule has 9 heteroatoms. The Morgan fingerprint density at radius 1 is 1.06 bits per heavy atom. The molecule has 160 valence electrons. The first-order valence-corrected chi connectivity index (χ1v) is 11.5. The number of benzene rings is 1. The van der Waals surface area contributed by atoms with Crippen LogP contribution in [0.2, 0.25) is 0 Å². The Labute approximate surface area is 192 Å². The highest BCUT2D eigenvalue weighted by atomic mass is 32.1. The second kappa shape index (κ2) is 8.18. The van der Waals surface area contributed by atoms with Crippen LogP contribution in [-0.2, 0) is 16.0 Å². The van der Waals surface area contributed by atoms with Crippen molar-refractivity contribution < 1.29 is 14.3 Å². The zero-order valence-electron chi connectivity index (χ0n) is 17.3. The summed E-state index contributed by atoms with van der Waals surface area (Å²) >= 11 is 3.13. The summed E-state index contributed by atoms with van der Waals surface area (Å²) < 4.78 is 5.25. The van der Waals surface area contributed by atoms with Crippen molar-refractivity contribution in [3.05, 3.63) is 69.9 Å². The molecule has 0 unspecified atom stereocenters. The molecule has 1 N–H and O–H groups in total. The molecule has 0 saturated heterocycles. The average Bonchev–Trinajstić information content (AvgIpc) is 3.51. The number of nitrogens with zero attached hydrogens (tertiary/aromatic N) is 3. The molecule has 3 aromatic heterocycles. The zero-order valence-corrected chi connectivity index (χ0v) is 18.9. The number of hydrazine groups is 1. The van der Waals surface area contributed by atoms with E-state index >= 15 is 0 Å². The van der Waals surface area contributed by atoms with Gasteiger partial charge in [0.15, 0.2) is 11.6 Å². The van der Waals surface area contributed by atoms with Gasteiger partial charge in [0.25, 0.3) is 11.8 Å². The highest BCUT2D eigenvalue weighted by Crippen LogP contribution is 2.37. The van der Waals surface area contributed by atoms with Gasteiger partial charge in [-0.1, -0.05) is 18.2 Å². The smallest absolute Gasteiger partial charge is 0.272 e. The van der Waals surface area contributed by atoms with Crippen LogP contribution in [0.25, 0.3) is 20.9 Å². The summed E-state index contributed by atoms with van der Waals surface area (Å²) in [5.41, 5.74) is 5.10. The van der Waals surface area contributed by atoms with E-state index in [9.17, 15) is 9.59 Å². The van der Waals surface area contributed by atoms with Crippen molar-refractivity contribution in [2.75, 3.05) is 12.5 Å². The maximum Gasteiger partial charge on any atom is 0.272 e. The van der Waals surface area contributed by atoms with Gasteiger partial charge in [-0.3, -0.25) is 15.0 Å². The Balaban J connectivity index is 1.59. The van der Waals surface area contributed by atoms with Crippen molar-refractivity contribution in [3.8, 4) is 16.5 Å². The number of ether oxygens (including phenoxy) is 1. The van der Waals surface area contributed by atoms with Crippen LogP contribution in [0.15, 0.2) is 53.9 Å². The molecule has 0 saturated carbocycles. The van der Waals surface area contributed by atoms with Gasteiger partial charge in [-0.05, 0) is 41.6 Å². The van der Waals surface area contributed by atoms with Crippen LogP contribution < -0.4 is 10.2 Å². The fraction of sp³-hybridized carbons (Fsp3) is 0.130. The van der Waals surface area contributed by atoms with E-state index in [-0.39, 0.29) is 0 Å². The molecule has 7 nitrogen and oxygen atoms in total. The number of hydrogen-bond acceptors (Lipinski definition) is 8. The lowest BCUT2D eigenvalue weighted by molar-refractivity contribution is -0.135. The Kier molecular flexibility index (Phi) is 5.20. The fourth-order valence-corrected chi connectivity index (χ4v) is 5.36. The van der Waals surface area contributed by atoms with Gasteiger partial charge < -0.3 is 4.74 Å². The number of thiophene rings is 2. The molecule has 32 heavy (non-hydrogen) atoms. The fourth-order valence-electron chi connectivity index (χ4n) is 3.50. The highest BCUT2D eigenvalue weighted by Gasteiger charge is 2.26. The van der Waals surface area contributed by atoms with Gasteiger partial charge in [0.05, 0.1) is 17.4 Å². The molecule has 2 amide bonds. The van der Waals surface area contributed by atoms with E-state index in [2.05, 4.69) is 10.4 Å². The van der Waals surface area contributed by atoms with E-state index in [1.54, 1.807) is 18.4 Å². The summed E-state index contributed by atoms with van der Waals surface area (Å²) in [6.45, 7) is 2.02. The lowest BCUT2D eigenvalue weighted by atomic mass is 10.1. The summed E-state index contributed by atoms with van der Waals surface area (Å²) in [5, 5.41) is 3.74. The second-order valence-electron chi connectivity index (χ2n) is 7.19. The van der Waals surface area contributed by atoms with Crippen molar-refractivity contribution in [1.29, 1.82) is 0 Å². The number of nitrogens with one attached hydrogen (secondary N) is 1. The van der Waals surface area contributed by atoms with Crippen molar-refractivity contribution in [2.45, 2.75) is 13.3 Å². The SMILES string of the molecule is COc1ccc(Cc2sc3nc(-c4cccs4)nc(NN4C(=O)C=CC4=O)c3c2C)cc1. The van der Waals surface area contributed by atoms with Crippen LogP contribution in [0.4, 0.5) is 5.82 Å². The van der Waals surface area contributed by atoms with Crippen LogP contribution in [0, 0.1) is 6.92 Å². The molecule has 0 aliphatic carbocycles. The molecule has 5 rings (SSSR count). The van der Waals surface area contributed by atoms with Gasteiger partial charge in [0, 0.05) is 23.5 Å². The standard InChI is InChI=1S/C23H18N4O3S2/c1-13-17(12-14-5-7-15(30-2)8-6-14)32-23-20(13)22(26-27-18(28)9-10-19(27)29)24-21(25-23)16-4-3-11-31-16/h3-11H,12H2,1-2H3,(H,24,25,26). The molecule has 1 aromatic carbocycles. The number of fused-ring (bicyclic) bond motifs is 1. The molecular weight excluding hydrogens is 444 g/mol. The zero-order chi connectivity index (χ0) is 22.2. The minimum absolute atomic E-state index is 0.425. The van der Waals surface area contributed by atoms with Crippen molar-refractivity contribution in [1.82, 2.24) is 15.0 Å². The Morgan fingerprint density at radius 3 is 2.47 bits per heavy atom. The van der Waals surface area contributed by atoms with Gasteiger partial charge in [0.1, 0.15) is 10.6 Å². The monoisotopic (exact) mass is 462 g/mol. The Hall–Kier alpha value is -3.56. The minimum atomic E-state index is -0.425. The average molecular weight is 463 g/mol. The van der Waals surface area contributed by atoms with E-state index < -0.39 is 11.8 Å². The number of imide groups is 1. The highest BCUT2D eigenvalue weighted by molar-refractivity contribution is 7.19. The number of rotatable bonds is 6. The van der Waals surface area contributed by atoms with Crippen molar-refractivity contribution in [3.63, 3.8) is 0 Å². The van der Waals surface area contributed by atoms with E-state index in [4.69, 9.17) is 9.72 Å². The third-order valence-electron chi connectivity index (χ3n) is 5.18. The number of hydrogen-bond donors (Lipinski definition) is 1. The number of methoxy groups -OCH3 is 1. The largest absolute Gasteiger partial charge is 0.497 e. The molecule has 0 radical (unpaired) electrons. The molecule has 1 aliphatic rings. The lowest BCUT2D eigenvalue weighted by Gasteiger charge is -2.17. The van der Waals surface area contributed by atoms with Gasteiger partial charge in [0.2, 0.25) is 0 Å². The third-order valence-corrected chi connectivity index (χ3v) is 7.23. The van der Waals surface area contributed by atoms with Crippen molar-refractivity contribution in [2.24, 2.45) is 0 Å². The van der Waals surface area contributed by atoms with Crippen molar-refractivity contribution >= 4 is 50.5 Å². The van der Waals surface area contributed by atoms with E-state index in [0.29, 0.717) is 11.6 Å². The van der Waals surface area contributed by atoms with Gasteiger partial charge >= 0.3 is 0 Å². The normalized spacial score (nSPS) is 13.4. The minimum Gasteiger partial charge on any atom is -0.497 e. The number of anilines is 1. The van der Waals surface area contributed by atoms with Gasteiger partial charge in [-0.15, -0.1) is 22.7 Å². The molecule has 4 heterocycles. The summed E-state index contributed by atoms with van der Waals surface area (Å²) in [6, 6.07) is 11.8. The molecule has 4 aromatic rings. The van der Waals surface area contributed by atoms with Crippen LogP contribution in [0.5, 0.6) is 5.75 Å². The number of aryl methyl sites for hydroxylation is 1. The first-order chi connectivity index (χ1) is 15.5. The number of amides is 2. The van der Waals surface area contributed by atoms with Crippen LogP contribution in [0.3, 0.4) is 0 Å². The van der Waals surface area contributed by atoms with Gasteiger partial charge in [-0.2, -0.15) is 5.01 Å². The first kappa shape index (κ1) is 20.3. The third kappa shape index (κ3) is 3.65. The van der Waals surface area contributed by atoms with Crippen LogP contribution in [0.1, 0.15) is 16.0 Å². The van der Waals surface area contributed by atoms with Gasteiger partial charge in [-0.25, -0.2) is 9.97 Å². The Bertz CT molecular complexity index is 1340. The lowest BCUT2D eigenvalue weighted by Crippen LogP contribution is -2.36. The Morgan fingerprint density at radius 2 is 1.81 bits per heavy atom. The maximum absolute atomic E-state index is 12.1. The second-order valence-corrected chi connectivity index (χ2v) is 9.22. The van der Waals surface area contributed by atoms with Crippen LogP contribution >= 0.6 is 22.7 Å². The summed E-state index contributed by atoms with van der Waals surface area (Å²) in [7, 11) is 1.65. The summed E-state index contributed by atoms with van der Waals surface area (Å²) in [4.78, 5) is 36.6. The number of carbonyl (C=O) groups is 2. The quantitative estimate of drug-likeness (QED) is 0.422. The molecule has 1 aliphatic heterocycles. The predicted molar refractivity (Wildman–Crippen MR) is 126 cm³/mol. The summed E-state index contributed by atoms with van der Waals surface area (Å²) in [6.07, 6.45) is 3.21. The molecule has 0 atom stereocenters. The van der Waals surface area contributed by atoms with E-state index in [1.807, 2.05) is 48.7 Å². The molecule has 0 spiro atoms.